The largest absolute Gasteiger partial charge is 0.469 e. The van der Waals surface area contributed by atoms with Gasteiger partial charge in [-0.05, 0) is 51.1 Å². The summed E-state index contributed by atoms with van der Waals surface area (Å²) < 4.78 is 11.3. The molecule has 1 N–H and O–H groups in total. The van der Waals surface area contributed by atoms with Crippen LogP contribution in [0.5, 0.6) is 0 Å². The second-order valence-corrected chi connectivity index (χ2v) is 14.1. The summed E-state index contributed by atoms with van der Waals surface area (Å²) in [5.74, 6) is -0.728. The van der Waals surface area contributed by atoms with Crippen molar-refractivity contribution in [2.24, 2.45) is 5.92 Å². The number of ketones is 1. The highest BCUT2D eigenvalue weighted by Gasteiger charge is 2.50. The monoisotopic (exact) mass is 440 g/mol. The van der Waals surface area contributed by atoms with E-state index in [2.05, 4.69) is 31.3 Å². The molecule has 1 rings (SSSR count). The Labute approximate surface area is 184 Å². The SMILES string of the molecule is CCCCCCCCC1(O[Si](C)(C)C)C=CC(=O)C1C(O)CCCCCC(=O)OC. The predicted molar refractivity (Wildman–Crippen MR) is 124 cm³/mol. The highest BCUT2D eigenvalue weighted by atomic mass is 28.4. The lowest BCUT2D eigenvalue weighted by molar-refractivity contribution is -0.140. The van der Waals surface area contributed by atoms with Gasteiger partial charge in [-0.3, -0.25) is 9.59 Å². The fourth-order valence-electron chi connectivity index (χ4n) is 4.39. The Morgan fingerprint density at radius 2 is 1.73 bits per heavy atom. The Morgan fingerprint density at radius 1 is 1.10 bits per heavy atom. The van der Waals surface area contributed by atoms with Gasteiger partial charge in [-0.2, -0.15) is 0 Å². The lowest BCUT2D eigenvalue weighted by Crippen LogP contribution is -2.50. The maximum Gasteiger partial charge on any atom is 0.305 e. The van der Waals surface area contributed by atoms with E-state index >= 15 is 0 Å². The number of ether oxygens (including phenoxy) is 1. The molecule has 0 aromatic heterocycles. The van der Waals surface area contributed by atoms with Crippen LogP contribution in [0.15, 0.2) is 12.2 Å². The molecule has 0 amide bonds. The molecule has 0 heterocycles. The summed E-state index contributed by atoms with van der Waals surface area (Å²) in [7, 11) is -0.524. The third-order valence-corrected chi connectivity index (χ3v) is 6.77. The molecule has 30 heavy (non-hydrogen) atoms. The maximum atomic E-state index is 12.7. The normalized spacial score (nSPS) is 22.5. The number of hydrogen-bond acceptors (Lipinski definition) is 5. The molecule has 0 aromatic carbocycles. The van der Waals surface area contributed by atoms with Crippen molar-refractivity contribution in [2.75, 3.05) is 7.11 Å². The van der Waals surface area contributed by atoms with E-state index in [0.717, 1.165) is 38.5 Å². The van der Waals surface area contributed by atoms with E-state index in [1.807, 2.05) is 6.08 Å². The van der Waals surface area contributed by atoms with Gasteiger partial charge in [0.25, 0.3) is 0 Å². The second-order valence-electron chi connectivity index (χ2n) is 9.64. The van der Waals surface area contributed by atoms with Crippen LogP contribution in [0.1, 0.15) is 84.0 Å². The third kappa shape index (κ3) is 9.44. The summed E-state index contributed by atoms with van der Waals surface area (Å²) in [6.45, 7) is 8.64. The number of aliphatic hydroxyl groups excluding tert-OH is 1. The fourth-order valence-corrected chi connectivity index (χ4v) is 5.83. The summed E-state index contributed by atoms with van der Waals surface area (Å²) in [6.07, 6.45) is 14.0. The Bertz CT molecular complexity index is 554. The quantitative estimate of drug-likeness (QED) is 0.193. The van der Waals surface area contributed by atoms with E-state index in [4.69, 9.17) is 4.43 Å². The van der Waals surface area contributed by atoms with Crippen LogP contribution < -0.4 is 0 Å². The van der Waals surface area contributed by atoms with Crippen molar-refractivity contribution in [2.45, 2.75) is 115 Å². The summed E-state index contributed by atoms with van der Waals surface area (Å²) >= 11 is 0. The molecule has 0 bridgehead atoms. The number of allylic oxidation sites excluding steroid dienone is 1. The van der Waals surface area contributed by atoms with Gasteiger partial charge in [0, 0.05) is 6.42 Å². The molecular weight excluding hydrogens is 396 g/mol. The molecule has 1 aliphatic rings. The average Bonchev–Trinajstić information content (AvgIpc) is 2.98. The first-order chi connectivity index (χ1) is 14.1. The minimum atomic E-state index is -1.92. The molecule has 0 saturated carbocycles. The van der Waals surface area contributed by atoms with Crippen molar-refractivity contribution in [3.05, 3.63) is 12.2 Å². The van der Waals surface area contributed by atoms with Crippen molar-refractivity contribution in [3.8, 4) is 0 Å². The number of methoxy groups -OCH3 is 1. The number of aliphatic hydroxyl groups is 1. The van der Waals surface area contributed by atoms with Crippen molar-refractivity contribution in [1.29, 1.82) is 0 Å². The molecule has 0 radical (unpaired) electrons. The van der Waals surface area contributed by atoms with E-state index in [0.29, 0.717) is 12.8 Å². The van der Waals surface area contributed by atoms with Gasteiger partial charge in [0.2, 0.25) is 0 Å². The van der Waals surface area contributed by atoms with E-state index in [-0.39, 0.29) is 11.8 Å². The molecule has 1 aliphatic carbocycles. The third-order valence-electron chi connectivity index (χ3n) is 5.77. The number of hydrogen-bond donors (Lipinski definition) is 1. The van der Waals surface area contributed by atoms with Gasteiger partial charge in [-0.15, -0.1) is 0 Å². The van der Waals surface area contributed by atoms with Crippen LogP contribution in [0.3, 0.4) is 0 Å². The highest BCUT2D eigenvalue weighted by molar-refractivity contribution is 6.69. The number of esters is 1. The first-order valence-corrected chi connectivity index (χ1v) is 15.2. The van der Waals surface area contributed by atoms with E-state index in [1.54, 1.807) is 6.08 Å². The molecule has 174 valence electrons. The van der Waals surface area contributed by atoms with E-state index in [1.165, 1.54) is 32.8 Å². The van der Waals surface area contributed by atoms with Crippen molar-refractivity contribution in [3.63, 3.8) is 0 Å². The summed E-state index contributed by atoms with van der Waals surface area (Å²) in [6, 6.07) is 0. The average molecular weight is 441 g/mol. The van der Waals surface area contributed by atoms with Crippen LogP contribution in [-0.4, -0.2) is 44.0 Å². The molecule has 0 fully saturated rings. The minimum absolute atomic E-state index is 0.0127. The van der Waals surface area contributed by atoms with E-state index < -0.39 is 25.9 Å². The van der Waals surface area contributed by atoms with Crippen LogP contribution in [0.2, 0.25) is 19.6 Å². The standard InChI is InChI=1S/C24H44O5Si/c1-6-7-8-9-10-14-18-24(29-30(3,4)5)19-17-21(26)23(24)20(25)15-12-11-13-16-22(27)28-2/h17,19-20,23,25H,6-16,18H2,1-5H3. The smallest absolute Gasteiger partial charge is 0.305 e. The van der Waals surface area contributed by atoms with Crippen molar-refractivity contribution in [1.82, 2.24) is 0 Å². The predicted octanol–water partition coefficient (Wildman–Crippen LogP) is 5.57. The molecule has 0 aromatic rings. The highest BCUT2D eigenvalue weighted by Crippen LogP contribution is 2.41. The number of carbonyl (C=O) groups excluding carboxylic acids is 2. The van der Waals surface area contributed by atoms with Crippen LogP contribution in [0.25, 0.3) is 0 Å². The van der Waals surface area contributed by atoms with Gasteiger partial charge in [0.1, 0.15) is 0 Å². The lowest BCUT2D eigenvalue weighted by Gasteiger charge is -2.41. The molecule has 0 aliphatic heterocycles. The van der Waals surface area contributed by atoms with Gasteiger partial charge in [0.15, 0.2) is 14.1 Å². The zero-order valence-electron chi connectivity index (χ0n) is 19.9. The molecule has 0 spiro atoms. The molecule has 0 saturated heterocycles. The Kier molecular flexibility index (Phi) is 12.1. The first-order valence-electron chi connectivity index (χ1n) is 11.8. The molecule has 6 heteroatoms. The van der Waals surface area contributed by atoms with E-state index in [9.17, 15) is 14.7 Å². The maximum absolute atomic E-state index is 12.7. The van der Waals surface area contributed by atoms with Crippen LogP contribution in [0.4, 0.5) is 0 Å². The van der Waals surface area contributed by atoms with Crippen LogP contribution in [-0.2, 0) is 18.8 Å². The summed E-state index contributed by atoms with van der Waals surface area (Å²) in [5, 5.41) is 11.0. The Hall–Kier alpha value is -0.983. The number of unbranched alkanes of at least 4 members (excludes halogenated alkanes) is 7. The second kappa shape index (κ2) is 13.4. The Morgan fingerprint density at radius 3 is 2.37 bits per heavy atom. The van der Waals surface area contributed by atoms with Crippen LogP contribution >= 0.6 is 0 Å². The van der Waals surface area contributed by atoms with Crippen LogP contribution in [0, 0.1) is 5.92 Å². The van der Waals surface area contributed by atoms with Gasteiger partial charge < -0.3 is 14.3 Å². The van der Waals surface area contributed by atoms with Crippen molar-refractivity contribution < 1.29 is 23.9 Å². The molecule has 3 atom stereocenters. The Balaban J connectivity index is 2.70. The zero-order chi connectivity index (χ0) is 22.6. The van der Waals surface area contributed by atoms with Crippen molar-refractivity contribution >= 4 is 20.1 Å². The van der Waals surface area contributed by atoms with Gasteiger partial charge in [-0.1, -0.05) is 58.3 Å². The molecule has 3 unspecified atom stereocenters. The van der Waals surface area contributed by atoms with Gasteiger partial charge in [0.05, 0.1) is 24.7 Å². The lowest BCUT2D eigenvalue weighted by atomic mass is 9.80. The number of carbonyl (C=O) groups is 2. The summed E-state index contributed by atoms with van der Waals surface area (Å²) in [4.78, 5) is 24.0. The van der Waals surface area contributed by atoms with Gasteiger partial charge >= 0.3 is 5.97 Å². The topological polar surface area (TPSA) is 72.8 Å². The summed E-state index contributed by atoms with van der Waals surface area (Å²) in [5.41, 5.74) is -0.669. The van der Waals surface area contributed by atoms with Gasteiger partial charge in [-0.25, -0.2) is 0 Å². The fraction of sp³-hybridized carbons (Fsp3) is 0.833. The zero-order valence-corrected chi connectivity index (χ0v) is 20.9. The minimum Gasteiger partial charge on any atom is -0.469 e. The first kappa shape index (κ1) is 27.1. The molecule has 5 nitrogen and oxygen atoms in total. The number of rotatable bonds is 16. The molecular formula is C24H44O5Si.